The van der Waals surface area contributed by atoms with Crippen molar-refractivity contribution >= 4 is 30.5 Å². The van der Waals surface area contributed by atoms with E-state index in [1.807, 2.05) is 0 Å². The average molecular weight is 635 g/mol. The molecule has 1 radical (unpaired) electrons. The zero-order valence-corrected chi connectivity index (χ0v) is 26.3. The van der Waals surface area contributed by atoms with Crippen molar-refractivity contribution in [3.63, 3.8) is 0 Å². The molecule has 14 heteroatoms. The normalized spacial score (nSPS) is 21.7. The second kappa shape index (κ2) is 11.3. The minimum absolute atomic E-state index is 0.0337. The van der Waals surface area contributed by atoms with Crippen molar-refractivity contribution in [2.75, 3.05) is 18.1 Å². The molecule has 1 saturated carbocycles. The largest absolute Gasteiger partial charge is 0.477 e. The smallest absolute Gasteiger partial charge is 0.394 e. The van der Waals surface area contributed by atoms with Gasteiger partial charge in [-0.05, 0) is 62.8 Å². The predicted molar refractivity (Wildman–Crippen MR) is 157 cm³/mol. The van der Waals surface area contributed by atoms with Gasteiger partial charge in [0.15, 0.2) is 5.82 Å². The highest BCUT2D eigenvalue weighted by Crippen LogP contribution is 2.59. The van der Waals surface area contributed by atoms with Crippen LogP contribution in [0.15, 0.2) is 59.6 Å². The van der Waals surface area contributed by atoms with Crippen LogP contribution in [0.1, 0.15) is 49.9 Å². The molecule has 2 fully saturated rings. The first-order valence-corrected chi connectivity index (χ1v) is 18.1. The summed E-state index contributed by atoms with van der Waals surface area (Å²) in [5.41, 5.74) is -1.55. The number of rotatable bonds is 10. The lowest BCUT2D eigenvalue weighted by Crippen LogP contribution is -2.52. The number of hydrogen-bond acceptors (Lipinski definition) is 7. The van der Waals surface area contributed by atoms with E-state index in [1.54, 1.807) is 36.5 Å². The molecule has 2 atom stereocenters. The van der Waals surface area contributed by atoms with Gasteiger partial charge in [-0.15, -0.1) is 5.10 Å². The Bertz CT molecular complexity index is 1590. The van der Waals surface area contributed by atoms with E-state index in [2.05, 4.69) is 41.7 Å². The Balaban J connectivity index is 1.44. The lowest BCUT2D eigenvalue weighted by Gasteiger charge is -2.39. The van der Waals surface area contributed by atoms with Gasteiger partial charge in [0.2, 0.25) is 5.88 Å². The lowest BCUT2D eigenvalue weighted by molar-refractivity contribution is -0.190. The molecule has 3 heterocycles. The number of nitrogens with one attached hydrogen (secondary N) is 1. The Hall–Kier alpha value is -3.39. The van der Waals surface area contributed by atoms with Crippen LogP contribution in [0.2, 0.25) is 13.1 Å². The summed E-state index contributed by atoms with van der Waals surface area (Å²) in [6, 6.07) is 12.3. The highest BCUT2D eigenvalue weighted by molar-refractivity contribution is 7.90. The fourth-order valence-electron chi connectivity index (χ4n) is 5.63. The van der Waals surface area contributed by atoms with Crippen molar-refractivity contribution in [1.82, 2.24) is 19.5 Å². The van der Waals surface area contributed by atoms with Crippen molar-refractivity contribution in [2.24, 2.45) is 11.3 Å². The van der Waals surface area contributed by atoms with Crippen molar-refractivity contribution in [3.8, 4) is 11.7 Å². The predicted octanol–water partition coefficient (Wildman–Crippen LogP) is 5.40. The molecule has 43 heavy (non-hydrogen) atoms. The quantitative estimate of drug-likeness (QED) is 0.298. The summed E-state index contributed by atoms with van der Waals surface area (Å²) in [6.07, 6.45) is -1.68. The maximum absolute atomic E-state index is 13.5. The third-order valence-corrected chi connectivity index (χ3v) is 12.6. The summed E-state index contributed by atoms with van der Waals surface area (Å²) in [4.78, 5) is 20.4. The third-order valence-electron chi connectivity index (χ3n) is 8.64. The second-order valence-corrected chi connectivity index (χ2v) is 16.7. The standard InChI is InChI=1S/C29H35F3N5O4SSi/c1-20-18-27(2,43(3)4)36(19-20)25-22(26(38)35-42(39,40)21-8-6-5-7-9-21)10-11-23(33-25)37-16-12-24(34-37)41-17-15-28(13-14-28)29(30,31)32/h5-12,16,20H,13-15,17-19H2,1-4H3,(H,35,38)/t20-,27-/m0/s1. The third kappa shape index (κ3) is 6.17. The molecule has 1 amide bonds. The van der Waals surface area contributed by atoms with Crippen LogP contribution in [0, 0.1) is 11.3 Å². The van der Waals surface area contributed by atoms with Gasteiger partial charge < -0.3 is 9.64 Å². The monoisotopic (exact) mass is 634 g/mol. The van der Waals surface area contributed by atoms with Crippen LogP contribution in [0.25, 0.3) is 5.82 Å². The first kappa shape index (κ1) is 31.0. The molecule has 1 aromatic carbocycles. The van der Waals surface area contributed by atoms with Crippen molar-refractivity contribution in [1.29, 1.82) is 0 Å². The van der Waals surface area contributed by atoms with Crippen molar-refractivity contribution < 1.29 is 31.1 Å². The van der Waals surface area contributed by atoms with Gasteiger partial charge in [-0.3, -0.25) is 4.79 Å². The van der Waals surface area contributed by atoms with Crippen LogP contribution in [0.5, 0.6) is 5.88 Å². The highest BCUT2D eigenvalue weighted by Gasteiger charge is 2.62. The molecule has 1 N–H and O–H groups in total. The van der Waals surface area contributed by atoms with Crippen molar-refractivity contribution in [2.45, 2.75) is 68.9 Å². The summed E-state index contributed by atoms with van der Waals surface area (Å²) in [7, 11) is -5.08. The van der Waals surface area contributed by atoms with Gasteiger partial charge in [0.05, 0.1) is 31.3 Å². The number of alkyl halides is 3. The Morgan fingerprint density at radius 2 is 1.84 bits per heavy atom. The summed E-state index contributed by atoms with van der Waals surface area (Å²) < 4.78 is 74.9. The van der Waals surface area contributed by atoms with Crippen LogP contribution >= 0.6 is 0 Å². The highest BCUT2D eigenvalue weighted by atomic mass is 32.2. The number of nitrogens with zero attached hydrogens (tertiary/aromatic N) is 4. The molecular weight excluding hydrogens is 599 g/mol. The van der Waals surface area contributed by atoms with Gasteiger partial charge >= 0.3 is 6.18 Å². The summed E-state index contributed by atoms with van der Waals surface area (Å²) in [5.74, 6) is 0.364. The van der Waals surface area contributed by atoms with Crippen LogP contribution in [-0.2, 0) is 10.0 Å². The molecule has 2 aromatic heterocycles. The summed E-state index contributed by atoms with van der Waals surface area (Å²) in [6.45, 7) is 9.18. The van der Waals surface area contributed by atoms with E-state index >= 15 is 0 Å². The number of carbonyl (C=O) groups excluding carboxylic acids is 1. The molecule has 3 aromatic rings. The zero-order chi connectivity index (χ0) is 31.2. The lowest BCUT2D eigenvalue weighted by atomic mass is 10.0. The minimum atomic E-state index is -4.25. The number of benzene rings is 1. The Labute approximate surface area is 251 Å². The van der Waals surface area contributed by atoms with E-state index in [0.717, 1.165) is 6.42 Å². The Kier molecular flexibility index (Phi) is 8.14. The molecule has 1 aliphatic carbocycles. The Morgan fingerprint density at radius 1 is 1.14 bits per heavy atom. The number of pyridine rings is 1. The molecule has 0 bridgehead atoms. The fourth-order valence-corrected chi connectivity index (χ4v) is 8.12. The molecule has 0 unspecified atom stereocenters. The van der Waals surface area contributed by atoms with Gasteiger partial charge in [-0.25, -0.2) is 22.8 Å². The molecule has 9 nitrogen and oxygen atoms in total. The molecule has 0 spiro atoms. The number of ether oxygens (including phenoxy) is 1. The first-order chi connectivity index (χ1) is 20.2. The van der Waals surface area contributed by atoms with Gasteiger partial charge in [0, 0.05) is 24.0 Å². The number of amides is 1. The number of anilines is 1. The van der Waals surface area contributed by atoms with E-state index in [4.69, 9.17) is 9.72 Å². The van der Waals surface area contributed by atoms with Crippen LogP contribution in [0.4, 0.5) is 19.0 Å². The molecule has 2 aliphatic rings. The molecule has 5 rings (SSSR count). The SMILES string of the molecule is C[C@@H]1CN(c2nc(-n3ccc(OCCC4(C(F)(F)F)CC4)n3)ccc2C(=O)NS(=O)(=O)c2ccccc2)[C@@](C)([Si](C)C)C1. The van der Waals surface area contributed by atoms with Gasteiger partial charge in [0.1, 0.15) is 5.82 Å². The minimum Gasteiger partial charge on any atom is -0.477 e. The van der Waals surface area contributed by atoms with Gasteiger partial charge in [-0.1, -0.05) is 38.2 Å². The maximum atomic E-state index is 13.5. The average Bonchev–Trinajstić information content (AvgIpc) is 3.49. The molecule has 231 valence electrons. The van der Waals surface area contributed by atoms with Crippen LogP contribution < -0.4 is 14.4 Å². The molecule has 1 saturated heterocycles. The zero-order valence-electron chi connectivity index (χ0n) is 24.5. The van der Waals surface area contributed by atoms with E-state index in [0.29, 0.717) is 24.1 Å². The summed E-state index contributed by atoms with van der Waals surface area (Å²) >= 11 is 0. The number of carbonyl (C=O) groups is 1. The van der Waals surface area contributed by atoms with Crippen molar-refractivity contribution in [3.05, 3.63) is 60.3 Å². The number of sulfonamides is 1. The second-order valence-electron chi connectivity index (χ2n) is 12.0. The molecular formula is C29H35F3N5O4SSi. The number of halogens is 3. The Morgan fingerprint density at radius 3 is 2.47 bits per heavy atom. The first-order valence-electron chi connectivity index (χ1n) is 14.1. The van der Waals surface area contributed by atoms with E-state index in [9.17, 15) is 26.4 Å². The van der Waals surface area contributed by atoms with E-state index in [-0.39, 0.29) is 47.4 Å². The number of hydrogen-bond donors (Lipinski definition) is 1. The van der Waals surface area contributed by atoms with Gasteiger partial charge in [0.25, 0.3) is 15.9 Å². The van der Waals surface area contributed by atoms with Crippen LogP contribution in [0.3, 0.4) is 0 Å². The van der Waals surface area contributed by atoms with Gasteiger partial charge in [-0.2, -0.15) is 13.2 Å². The fraction of sp³-hybridized carbons (Fsp3) is 0.483. The molecule has 1 aliphatic heterocycles. The van der Waals surface area contributed by atoms with Crippen LogP contribution in [-0.4, -0.2) is 62.4 Å². The van der Waals surface area contributed by atoms with E-state index in [1.165, 1.54) is 22.9 Å². The topological polar surface area (TPSA) is 106 Å². The maximum Gasteiger partial charge on any atom is 0.394 e. The summed E-state index contributed by atoms with van der Waals surface area (Å²) in [5, 5.41) is 4.09. The van der Waals surface area contributed by atoms with E-state index < -0.39 is 36.3 Å². The number of aromatic nitrogens is 3.